The predicted molar refractivity (Wildman–Crippen MR) is 73.7 cm³/mol. The minimum atomic E-state index is -0.385. The van der Waals surface area contributed by atoms with Crippen LogP contribution in [0.2, 0.25) is 0 Å². The van der Waals surface area contributed by atoms with Crippen molar-refractivity contribution in [3.05, 3.63) is 30.6 Å². The zero-order valence-electron chi connectivity index (χ0n) is 11.3. The van der Waals surface area contributed by atoms with Gasteiger partial charge in [0.25, 0.3) is 0 Å². The van der Waals surface area contributed by atoms with Gasteiger partial charge in [-0.2, -0.15) is 0 Å². The van der Waals surface area contributed by atoms with Crippen LogP contribution in [0.5, 0.6) is 0 Å². The molecular weight excluding hydrogens is 242 g/mol. The molecule has 1 unspecified atom stereocenters. The topological polar surface area (TPSA) is 58.4 Å². The van der Waals surface area contributed by atoms with Crippen molar-refractivity contribution in [2.75, 3.05) is 13.6 Å². The van der Waals surface area contributed by atoms with Crippen LogP contribution in [0.4, 0.5) is 0 Å². The maximum Gasteiger partial charge on any atom is 0.242 e. The maximum atomic E-state index is 12.1. The lowest BCUT2D eigenvalue weighted by molar-refractivity contribution is -0.130. The molecule has 2 rings (SSSR count). The highest BCUT2D eigenvalue weighted by atomic mass is 16.3. The first kappa shape index (κ1) is 13.5. The van der Waals surface area contributed by atoms with Gasteiger partial charge < -0.3 is 14.6 Å². The highest BCUT2D eigenvalue weighted by Gasteiger charge is 2.11. The van der Waals surface area contributed by atoms with E-state index in [9.17, 15) is 9.90 Å². The number of carbonyl (C=O) groups excluding carboxylic acids is 1. The molecule has 1 aromatic carbocycles. The number of likely N-dealkylation sites (N-methyl/N-ethyl adjacent to an activating group) is 1. The molecule has 19 heavy (non-hydrogen) atoms. The van der Waals surface area contributed by atoms with Crippen LogP contribution in [0.3, 0.4) is 0 Å². The first-order chi connectivity index (χ1) is 9.08. The average molecular weight is 261 g/mol. The zero-order valence-corrected chi connectivity index (χ0v) is 11.3. The van der Waals surface area contributed by atoms with E-state index in [1.807, 2.05) is 28.8 Å². The lowest BCUT2D eigenvalue weighted by atomic mass is 10.2. The number of hydrogen-bond acceptors (Lipinski definition) is 3. The van der Waals surface area contributed by atoms with Gasteiger partial charge in [-0.3, -0.25) is 4.79 Å². The van der Waals surface area contributed by atoms with Gasteiger partial charge in [-0.25, -0.2) is 4.98 Å². The molecule has 1 amide bonds. The smallest absolute Gasteiger partial charge is 0.242 e. The van der Waals surface area contributed by atoms with E-state index in [1.165, 1.54) is 0 Å². The molecule has 102 valence electrons. The molecule has 0 saturated heterocycles. The first-order valence-corrected chi connectivity index (χ1v) is 6.40. The summed E-state index contributed by atoms with van der Waals surface area (Å²) in [6, 6.07) is 7.73. The highest BCUT2D eigenvalue weighted by Crippen LogP contribution is 2.11. The minimum absolute atomic E-state index is 0.0174. The van der Waals surface area contributed by atoms with Gasteiger partial charge in [-0.15, -0.1) is 0 Å². The normalized spacial score (nSPS) is 12.6. The standard InChI is InChI=1S/C14H19N3O2/c1-11(18)7-8-16(2)14(19)9-17-10-15-12-5-3-4-6-13(12)17/h3-6,10-11,18H,7-9H2,1-2H3. The summed E-state index contributed by atoms with van der Waals surface area (Å²) in [5.41, 5.74) is 1.85. The van der Waals surface area contributed by atoms with E-state index in [-0.39, 0.29) is 18.6 Å². The summed E-state index contributed by atoms with van der Waals surface area (Å²) >= 11 is 0. The molecule has 1 heterocycles. The summed E-state index contributed by atoms with van der Waals surface area (Å²) in [6.45, 7) is 2.56. The molecular formula is C14H19N3O2. The van der Waals surface area contributed by atoms with Crippen molar-refractivity contribution in [1.82, 2.24) is 14.5 Å². The largest absolute Gasteiger partial charge is 0.393 e. The quantitative estimate of drug-likeness (QED) is 0.881. The number of fused-ring (bicyclic) bond motifs is 1. The Morgan fingerprint density at radius 1 is 1.47 bits per heavy atom. The van der Waals surface area contributed by atoms with E-state index in [2.05, 4.69) is 4.98 Å². The summed E-state index contributed by atoms with van der Waals surface area (Å²) in [5.74, 6) is 0.0174. The van der Waals surface area contributed by atoms with Gasteiger partial charge in [-0.1, -0.05) is 12.1 Å². The van der Waals surface area contributed by atoms with Gasteiger partial charge in [0.05, 0.1) is 23.5 Å². The number of aliphatic hydroxyl groups is 1. The van der Waals surface area contributed by atoms with Crippen molar-refractivity contribution in [2.24, 2.45) is 0 Å². The fourth-order valence-electron chi connectivity index (χ4n) is 1.91. The number of benzene rings is 1. The second kappa shape index (κ2) is 5.84. The van der Waals surface area contributed by atoms with E-state index in [0.29, 0.717) is 13.0 Å². The Hall–Kier alpha value is -1.88. The summed E-state index contributed by atoms with van der Waals surface area (Å²) in [7, 11) is 1.75. The van der Waals surface area contributed by atoms with E-state index < -0.39 is 0 Å². The number of imidazole rings is 1. The van der Waals surface area contributed by atoms with Crippen LogP contribution >= 0.6 is 0 Å². The molecule has 5 nitrogen and oxygen atoms in total. The van der Waals surface area contributed by atoms with E-state index in [0.717, 1.165) is 11.0 Å². The van der Waals surface area contributed by atoms with Crippen LogP contribution in [-0.2, 0) is 11.3 Å². The lowest BCUT2D eigenvalue weighted by Gasteiger charge is -2.18. The predicted octanol–water partition coefficient (Wildman–Crippen LogP) is 1.27. The summed E-state index contributed by atoms with van der Waals surface area (Å²) in [4.78, 5) is 18.0. The second-order valence-corrected chi connectivity index (χ2v) is 4.81. The second-order valence-electron chi connectivity index (χ2n) is 4.81. The molecule has 1 atom stereocenters. The van der Waals surface area contributed by atoms with Crippen molar-refractivity contribution in [3.63, 3.8) is 0 Å². The Morgan fingerprint density at radius 2 is 2.21 bits per heavy atom. The third kappa shape index (κ3) is 3.32. The van der Waals surface area contributed by atoms with Crippen molar-refractivity contribution >= 4 is 16.9 Å². The molecule has 1 aromatic heterocycles. The van der Waals surface area contributed by atoms with E-state index in [1.54, 1.807) is 25.2 Å². The van der Waals surface area contributed by atoms with Crippen LogP contribution in [-0.4, -0.2) is 45.2 Å². The van der Waals surface area contributed by atoms with Crippen LogP contribution in [0.15, 0.2) is 30.6 Å². The Balaban J connectivity index is 2.02. The van der Waals surface area contributed by atoms with Crippen LogP contribution in [0, 0.1) is 0 Å². The van der Waals surface area contributed by atoms with Crippen LogP contribution in [0.25, 0.3) is 11.0 Å². The van der Waals surface area contributed by atoms with Crippen LogP contribution < -0.4 is 0 Å². The lowest BCUT2D eigenvalue weighted by Crippen LogP contribution is -2.32. The van der Waals surface area contributed by atoms with Crippen molar-refractivity contribution in [2.45, 2.75) is 26.0 Å². The van der Waals surface area contributed by atoms with Gasteiger partial charge in [0.1, 0.15) is 6.54 Å². The fraction of sp³-hybridized carbons (Fsp3) is 0.429. The number of aliphatic hydroxyl groups excluding tert-OH is 1. The molecule has 0 bridgehead atoms. The number of rotatable bonds is 5. The first-order valence-electron chi connectivity index (χ1n) is 6.40. The third-order valence-electron chi connectivity index (χ3n) is 3.14. The van der Waals surface area contributed by atoms with Gasteiger partial charge in [0.15, 0.2) is 0 Å². The van der Waals surface area contributed by atoms with Crippen molar-refractivity contribution in [1.29, 1.82) is 0 Å². The Kier molecular flexibility index (Phi) is 4.16. The molecule has 0 radical (unpaired) electrons. The number of nitrogens with zero attached hydrogens (tertiary/aromatic N) is 3. The molecule has 5 heteroatoms. The summed E-state index contributed by atoms with van der Waals surface area (Å²) < 4.78 is 1.84. The molecule has 0 aliphatic heterocycles. The molecule has 1 N–H and O–H groups in total. The van der Waals surface area contributed by atoms with Crippen LogP contribution in [0.1, 0.15) is 13.3 Å². The number of amides is 1. The van der Waals surface area contributed by atoms with Crippen molar-refractivity contribution < 1.29 is 9.90 Å². The summed E-state index contributed by atoms with van der Waals surface area (Å²) in [5, 5.41) is 9.23. The molecule has 0 aliphatic carbocycles. The highest BCUT2D eigenvalue weighted by molar-refractivity contribution is 5.80. The molecule has 0 fully saturated rings. The third-order valence-corrected chi connectivity index (χ3v) is 3.14. The fourth-order valence-corrected chi connectivity index (χ4v) is 1.91. The van der Waals surface area contributed by atoms with Crippen molar-refractivity contribution in [3.8, 4) is 0 Å². The number of aromatic nitrogens is 2. The summed E-state index contributed by atoms with van der Waals surface area (Å²) in [6.07, 6.45) is 1.89. The van der Waals surface area contributed by atoms with Gasteiger partial charge in [-0.05, 0) is 25.5 Å². The molecule has 0 saturated carbocycles. The zero-order chi connectivity index (χ0) is 13.8. The monoisotopic (exact) mass is 261 g/mol. The Bertz CT molecular complexity index is 563. The average Bonchev–Trinajstić information content (AvgIpc) is 2.79. The van der Waals surface area contributed by atoms with Gasteiger partial charge in [0.2, 0.25) is 5.91 Å². The number of para-hydroxylation sites is 2. The van der Waals surface area contributed by atoms with Gasteiger partial charge in [0, 0.05) is 13.6 Å². The number of carbonyl (C=O) groups is 1. The Labute approximate surface area is 112 Å². The van der Waals surface area contributed by atoms with E-state index >= 15 is 0 Å². The molecule has 2 aromatic rings. The minimum Gasteiger partial charge on any atom is -0.393 e. The Morgan fingerprint density at radius 3 is 2.95 bits per heavy atom. The maximum absolute atomic E-state index is 12.1. The number of hydrogen-bond donors (Lipinski definition) is 1. The van der Waals surface area contributed by atoms with E-state index in [4.69, 9.17) is 0 Å². The molecule has 0 aliphatic rings. The SMILES string of the molecule is CC(O)CCN(C)C(=O)Cn1cnc2ccccc21. The van der Waals surface area contributed by atoms with Gasteiger partial charge >= 0.3 is 0 Å². The molecule has 0 spiro atoms.